The second-order valence-electron chi connectivity index (χ2n) is 3.29. The van der Waals surface area contributed by atoms with E-state index < -0.39 is 11.0 Å². The molecule has 2 N–H and O–H groups in total. The summed E-state index contributed by atoms with van der Waals surface area (Å²) in [4.78, 5) is 10.0. The van der Waals surface area contributed by atoms with E-state index in [1.54, 1.807) is 0 Å². The van der Waals surface area contributed by atoms with E-state index in [1.807, 2.05) is 0 Å². The molecule has 6 heteroatoms. The standard InChI is InChI=1S/C9H9NO5/c11-5-3-6-8(12)1-2-15-9(6)7(4-5)10(13)14/h3-4,8,11-12H,1-2H2. The zero-order valence-electron chi connectivity index (χ0n) is 7.71. The first-order valence-corrected chi connectivity index (χ1v) is 4.41. The molecule has 0 bridgehead atoms. The highest BCUT2D eigenvalue weighted by molar-refractivity contribution is 5.57. The van der Waals surface area contributed by atoms with Crippen LogP contribution in [0.15, 0.2) is 12.1 Å². The Hall–Kier alpha value is -1.82. The smallest absolute Gasteiger partial charge is 0.315 e. The fourth-order valence-corrected chi connectivity index (χ4v) is 1.59. The highest BCUT2D eigenvalue weighted by atomic mass is 16.6. The number of ether oxygens (including phenoxy) is 1. The Morgan fingerprint density at radius 3 is 2.93 bits per heavy atom. The molecule has 1 aromatic rings. The average molecular weight is 211 g/mol. The first kappa shape index (κ1) is 9.72. The summed E-state index contributed by atoms with van der Waals surface area (Å²) in [5.41, 5.74) is -0.0447. The molecular formula is C9H9NO5. The summed E-state index contributed by atoms with van der Waals surface area (Å²) in [7, 11) is 0. The molecule has 0 aliphatic carbocycles. The van der Waals surface area contributed by atoms with E-state index in [9.17, 15) is 20.3 Å². The predicted molar refractivity (Wildman–Crippen MR) is 49.8 cm³/mol. The molecule has 1 aromatic carbocycles. The van der Waals surface area contributed by atoms with Crippen LogP contribution in [0.25, 0.3) is 0 Å². The number of hydrogen-bond acceptors (Lipinski definition) is 5. The van der Waals surface area contributed by atoms with Gasteiger partial charge in [-0.15, -0.1) is 0 Å². The van der Waals surface area contributed by atoms with Gasteiger partial charge in [0, 0.05) is 12.0 Å². The Morgan fingerprint density at radius 2 is 2.27 bits per heavy atom. The number of phenolic OH excluding ortho intramolecular Hbond substituents is 1. The van der Waals surface area contributed by atoms with Gasteiger partial charge in [-0.05, 0) is 6.07 Å². The van der Waals surface area contributed by atoms with Crippen molar-refractivity contribution in [2.24, 2.45) is 0 Å². The van der Waals surface area contributed by atoms with Crippen molar-refractivity contribution in [1.29, 1.82) is 0 Å². The minimum Gasteiger partial charge on any atom is -0.508 e. The number of hydrogen-bond donors (Lipinski definition) is 2. The lowest BCUT2D eigenvalue weighted by Crippen LogP contribution is -2.14. The molecular weight excluding hydrogens is 202 g/mol. The number of nitro benzene ring substituents is 1. The molecule has 0 aromatic heterocycles. The zero-order chi connectivity index (χ0) is 11.0. The Labute approximate surface area is 84.9 Å². The van der Waals surface area contributed by atoms with Crippen molar-refractivity contribution in [1.82, 2.24) is 0 Å². The Kier molecular flexibility index (Phi) is 2.20. The summed E-state index contributed by atoms with van der Waals surface area (Å²) in [6, 6.07) is 2.29. The number of nitrogens with zero attached hydrogens (tertiary/aromatic N) is 1. The van der Waals surface area contributed by atoms with Gasteiger partial charge >= 0.3 is 5.69 Å². The summed E-state index contributed by atoms with van der Waals surface area (Å²) in [6.07, 6.45) is -0.451. The Balaban J connectivity index is 2.62. The summed E-state index contributed by atoms with van der Waals surface area (Å²) < 4.78 is 5.13. The van der Waals surface area contributed by atoms with E-state index in [0.717, 1.165) is 6.07 Å². The summed E-state index contributed by atoms with van der Waals surface area (Å²) in [5.74, 6) is -0.193. The molecule has 0 amide bonds. The van der Waals surface area contributed by atoms with Crippen LogP contribution in [-0.2, 0) is 0 Å². The minimum absolute atomic E-state index is 0.0524. The number of aliphatic hydroxyl groups is 1. The molecule has 0 spiro atoms. The van der Waals surface area contributed by atoms with Crippen LogP contribution in [0.2, 0.25) is 0 Å². The maximum absolute atomic E-state index is 10.7. The largest absolute Gasteiger partial charge is 0.508 e. The topological polar surface area (TPSA) is 92.8 Å². The molecule has 0 radical (unpaired) electrons. The number of phenols is 1. The van der Waals surface area contributed by atoms with Crippen LogP contribution in [0.5, 0.6) is 11.5 Å². The van der Waals surface area contributed by atoms with E-state index >= 15 is 0 Å². The second-order valence-corrected chi connectivity index (χ2v) is 3.29. The normalized spacial score (nSPS) is 19.1. The van der Waals surface area contributed by atoms with Crippen LogP contribution in [0.1, 0.15) is 18.1 Å². The average Bonchev–Trinajstić information content (AvgIpc) is 2.18. The van der Waals surface area contributed by atoms with E-state index in [2.05, 4.69) is 0 Å². The summed E-state index contributed by atoms with van der Waals surface area (Å²) in [6.45, 7) is 0.236. The van der Waals surface area contributed by atoms with Gasteiger partial charge in [-0.3, -0.25) is 10.1 Å². The predicted octanol–water partition coefficient (Wildman–Crippen LogP) is 1.12. The van der Waals surface area contributed by atoms with E-state index in [1.165, 1.54) is 6.07 Å². The van der Waals surface area contributed by atoms with Crippen LogP contribution in [0.4, 0.5) is 5.69 Å². The third-order valence-corrected chi connectivity index (χ3v) is 2.28. The molecule has 2 rings (SSSR count). The van der Waals surface area contributed by atoms with E-state index in [-0.39, 0.29) is 29.4 Å². The molecule has 1 unspecified atom stereocenters. The third-order valence-electron chi connectivity index (χ3n) is 2.28. The first-order valence-electron chi connectivity index (χ1n) is 4.41. The number of fused-ring (bicyclic) bond motifs is 1. The molecule has 1 atom stereocenters. The molecule has 1 aliphatic rings. The van der Waals surface area contributed by atoms with Gasteiger partial charge in [0.25, 0.3) is 0 Å². The minimum atomic E-state index is -0.820. The van der Waals surface area contributed by atoms with Gasteiger partial charge in [0.2, 0.25) is 5.75 Å². The van der Waals surface area contributed by atoms with Crippen molar-refractivity contribution in [3.05, 3.63) is 27.8 Å². The number of nitro groups is 1. The second kappa shape index (κ2) is 3.39. The van der Waals surface area contributed by atoms with Gasteiger partial charge < -0.3 is 14.9 Å². The molecule has 0 saturated heterocycles. The van der Waals surface area contributed by atoms with Gasteiger partial charge in [-0.25, -0.2) is 0 Å². The van der Waals surface area contributed by atoms with Crippen molar-refractivity contribution < 1.29 is 19.9 Å². The molecule has 0 saturated carbocycles. The number of aromatic hydroxyl groups is 1. The van der Waals surface area contributed by atoms with Crippen LogP contribution in [0, 0.1) is 10.1 Å². The monoisotopic (exact) mass is 211 g/mol. The lowest BCUT2D eigenvalue weighted by Gasteiger charge is -2.21. The molecule has 0 fully saturated rings. The SMILES string of the molecule is O=[N+]([O-])c1cc(O)cc2c1OCCC2O. The van der Waals surface area contributed by atoms with Crippen molar-refractivity contribution in [2.75, 3.05) is 6.61 Å². The molecule has 80 valence electrons. The highest BCUT2D eigenvalue weighted by Crippen LogP contribution is 2.41. The summed E-state index contributed by atoms with van der Waals surface area (Å²) >= 11 is 0. The van der Waals surface area contributed by atoms with Crippen LogP contribution < -0.4 is 4.74 Å². The number of aliphatic hydroxyl groups excluding tert-OH is 1. The quantitative estimate of drug-likeness (QED) is 0.536. The van der Waals surface area contributed by atoms with Gasteiger partial charge in [-0.2, -0.15) is 0 Å². The van der Waals surface area contributed by atoms with Gasteiger partial charge in [0.05, 0.1) is 23.7 Å². The third kappa shape index (κ3) is 1.59. The number of benzene rings is 1. The van der Waals surface area contributed by atoms with Gasteiger partial charge in [-0.1, -0.05) is 0 Å². The molecule has 1 aliphatic heterocycles. The van der Waals surface area contributed by atoms with Crippen molar-refractivity contribution >= 4 is 5.69 Å². The van der Waals surface area contributed by atoms with Crippen molar-refractivity contribution in [3.63, 3.8) is 0 Å². The summed E-state index contributed by atoms with van der Waals surface area (Å²) in [5, 5.41) is 29.5. The van der Waals surface area contributed by atoms with Crippen LogP contribution in [-0.4, -0.2) is 21.7 Å². The van der Waals surface area contributed by atoms with Gasteiger partial charge in [0.15, 0.2) is 0 Å². The lowest BCUT2D eigenvalue weighted by molar-refractivity contribution is -0.386. The van der Waals surface area contributed by atoms with E-state index in [4.69, 9.17) is 4.74 Å². The molecule has 6 nitrogen and oxygen atoms in total. The van der Waals surface area contributed by atoms with Crippen molar-refractivity contribution in [2.45, 2.75) is 12.5 Å². The first-order chi connectivity index (χ1) is 7.09. The van der Waals surface area contributed by atoms with Gasteiger partial charge in [0.1, 0.15) is 5.75 Å². The van der Waals surface area contributed by atoms with Crippen molar-refractivity contribution in [3.8, 4) is 11.5 Å². The zero-order valence-corrected chi connectivity index (χ0v) is 7.71. The van der Waals surface area contributed by atoms with Crippen LogP contribution >= 0.6 is 0 Å². The number of rotatable bonds is 1. The van der Waals surface area contributed by atoms with Crippen LogP contribution in [0.3, 0.4) is 0 Å². The lowest BCUT2D eigenvalue weighted by atomic mass is 10.0. The maximum Gasteiger partial charge on any atom is 0.315 e. The molecule has 1 heterocycles. The Morgan fingerprint density at radius 1 is 1.53 bits per heavy atom. The maximum atomic E-state index is 10.7. The fourth-order valence-electron chi connectivity index (χ4n) is 1.59. The Bertz CT molecular complexity index is 417. The highest BCUT2D eigenvalue weighted by Gasteiger charge is 2.28. The molecule has 15 heavy (non-hydrogen) atoms. The van der Waals surface area contributed by atoms with E-state index in [0.29, 0.717) is 6.42 Å². The fraction of sp³-hybridized carbons (Fsp3) is 0.333.